The quantitative estimate of drug-likeness (QED) is 0.777. The van der Waals surface area contributed by atoms with Gasteiger partial charge in [0.1, 0.15) is 5.82 Å². The number of halogens is 1. The van der Waals surface area contributed by atoms with Gasteiger partial charge in [-0.05, 0) is 35.9 Å². The smallest absolute Gasteiger partial charge is 0.123 e. The number of hydrogen-bond donors (Lipinski definition) is 1. The van der Waals surface area contributed by atoms with Gasteiger partial charge in [0.05, 0.1) is 11.4 Å². The Bertz CT molecular complexity index is 707. The Kier molecular flexibility index (Phi) is 4.07. The lowest BCUT2D eigenvalue weighted by Gasteiger charge is -2.03. The van der Waals surface area contributed by atoms with Crippen molar-refractivity contribution in [2.24, 2.45) is 0 Å². The standard InChI is InChI=1S/C17H16FN3/c18-15-6-4-5-14(11-15)12-19-13-16-9-10-21(20-16)17-7-2-1-3-8-17/h1-11,19H,12-13H2. The van der Waals surface area contributed by atoms with Gasteiger partial charge in [0, 0.05) is 19.3 Å². The first-order chi connectivity index (χ1) is 10.3. The van der Waals surface area contributed by atoms with E-state index in [-0.39, 0.29) is 5.82 Å². The maximum atomic E-state index is 13.1. The fraction of sp³-hybridized carbons (Fsp3) is 0.118. The van der Waals surface area contributed by atoms with Gasteiger partial charge in [-0.2, -0.15) is 5.10 Å². The second-order valence-corrected chi connectivity index (χ2v) is 4.82. The van der Waals surface area contributed by atoms with E-state index in [0.717, 1.165) is 16.9 Å². The minimum absolute atomic E-state index is 0.206. The van der Waals surface area contributed by atoms with Crippen LogP contribution in [0.1, 0.15) is 11.3 Å². The van der Waals surface area contributed by atoms with Crippen LogP contribution in [0.5, 0.6) is 0 Å². The van der Waals surface area contributed by atoms with E-state index >= 15 is 0 Å². The summed E-state index contributed by atoms with van der Waals surface area (Å²) in [6.45, 7) is 1.27. The van der Waals surface area contributed by atoms with E-state index in [0.29, 0.717) is 13.1 Å². The summed E-state index contributed by atoms with van der Waals surface area (Å²) in [6.07, 6.45) is 1.94. The molecule has 21 heavy (non-hydrogen) atoms. The van der Waals surface area contributed by atoms with Crippen molar-refractivity contribution < 1.29 is 4.39 Å². The van der Waals surface area contributed by atoms with E-state index in [1.165, 1.54) is 12.1 Å². The van der Waals surface area contributed by atoms with Gasteiger partial charge in [0.15, 0.2) is 0 Å². The average molecular weight is 281 g/mol. The highest BCUT2D eigenvalue weighted by Crippen LogP contribution is 2.07. The van der Waals surface area contributed by atoms with Gasteiger partial charge in [-0.3, -0.25) is 0 Å². The summed E-state index contributed by atoms with van der Waals surface area (Å²) in [4.78, 5) is 0. The van der Waals surface area contributed by atoms with E-state index in [4.69, 9.17) is 0 Å². The second-order valence-electron chi connectivity index (χ2n) is 4.82. The van der Waals surface area contributed by atoms with Crippen molar-refractivity contribution in [3.05, 3.63) is 83.9 Å². The summed E-state index contributed by atoms with van der Waals surface area (Å²) in [6, 6.07) is 18.6. The average Bonchev–Trinajstić information content (AvgIpc) is 2.97. The molecule has 3 aromatic rings. The Hall–Kier alpha value is -2.46. The number of nitrogens with zero attached hydrogens (tertiary/aromatic N) is 2. The van der Waals surface area contributed by atoms with Crippen molar-refractivity contribution in [1.82, 2.24) is 15.1 Å². The molecule has 4 heteroatoms. The molecule has 0 atom stereocenters. The molecule has 0 aliphatic carbocycles. The van der Waals surface area contributed by atoms with E-state index in [1.54, 1.807) is 6.07 Å². The molecule has 0 fully saturated rings. The second kappa shape index (κ2) is 6.33. The number of nitrogens with one attached hydrogen (secondary N) is 1. The monoisotopic (exact) mass is 281 g/mol. The van der Waals surface area contributed by atoms with Crippen molar-refractivity contribution in [2.75, 3.05) is 0 Å². The summed E-state index contributed by atoms with van der Waals surface area (Å²) in [5.41, 5.74) is 2.92. The van der Waals surface area contributed by atoms with Gasteiger partial charge in [-0.15, -0.1) is 0 Å². The Morgan fingerprint density at radius 3 is 2.62 bits per heavy atom. The van der Waals surface area contributed by atoms with E-state index < -0.39 is 0 Å². The topological polar surface area (TPSA) is 29.9 Å². The Labute approximate surface area is 123 Å². The molecule has 2 aromatic carbocycles. The van der Waals surface area contributed by atoms with Crippen molar-refractivity contribution in [3.8, 4) is 5.69 Å². The molecule has 0 spiro atoms. The van der Waals surface area contributed by atoms with Crippen LogP contribution in [0.4, 0.5) is 4.39 Å². The molecule has 0 saturated heterocycles. The van der Waals surface area contributed by atoms with Gasteiger partial charge in [-0.25, -0.2) is 9.07 Å². The lowest BCUT2D eigenvalue weighted by atomic mass is 10.2. The largest absolute Gasteiger partial charge is 0.307 e. The zero-order valence-corrected chi connectivity index (χ0v) is 11.5. The van der Waals surface area contributed by atoms with Crippen molar-refractivity contribution >= 4 is 0 Å². The van der Waals surface area contributed by atoms with Crippen LogP contribution in [0, 0.1) is 5.82 Å². The fourth-order valence-electron chi connectivity index (χ4n) is 2.16. The highest BCUT2D eigenvalue weighted by molar-refractivity contribution is 5.30. The third-order valence-electron chi connectivity index (χ3n) is 3.19. The Morgan fingerprint density at radius 2 is 1.81 bits per heavy atom. The third-order valence-corrected chi connectivity index (χ3v) is 3.19. The number of hydrogen-bond acceptors (Lipinski definition) is 2. The number of aromatic nitrogens is 2. The molecule has 1 heterocycles. The Balaban J connectivity index is 1.58. The minimum atomic E-state index is -0.206. The molecule has 3 nitrogen and oxygen atoms in total. The molecule has 3 rings (SSSR count). The Morgan fingerprint density at radius 1 is 0.952 bits per heavy atom. The molecule has 106 valence electrons. The molecule has 0 radical (unpaired) electrons. The zero-order valence-electron chi connectivity index (χ0n) is 11.5. The van der Waals surface area contributed by atoms with Crippen LogP contribution >= 0.6 is 0 Å². The number of para-hydroxylation sites is 1. The molecular formula is C17H16FN3. The van der Waals surface area contributed by atoms with Crippen molar-refractivity contribution in [3.63, 3.8) is 0 Å². The van der Waals surface area contributed by atoms with Gasteiger partial charge in [0.25, 0.3) is 0 Å². The summed E-state index contributed by atoms with van der Waals surface area (Å²) in [5, 5.41) is 7.78. The lowest BCUT2D eigenvalue weighted by molar-refractivity contribution is 0.618. The summed E-state index contributed by atoms with van der Waals surface area (Å²) >= 11 is 0. The van der Waals surface area contributed by atoms with Crippen LogP contribution in [-0.2, 0) is 13.1 Å². The predicted octanol–water partition coefficient (Wildman–Crippen LogP) is 3.30. The molecular weight excluding hydrogens is 265 g/mol. The van der Waals surface area contributed by atoms with E-state index in [2.05, 4.69) is 10.4 Å². The summed E-state index contributed by atoms with van der Waals surface area (Å²) < 4.78 is 14.9. The molecule has 0 unspecified atom stereocenters. The SMILES string of the molecule is Fc1cccc(CNCc2ccn(-c3ccccc3)n2)c1. The first-order valence-corrected chi connectivity index (χ1v) is 6.86. The van der Waals surface area contributed by atoms with Crippen LogP contribution in [0.15, 0.2) is 66.9 Å². The van der Waals surface area contributed by atoms with E-state index in [9.17, 15) is 4.39 Å². The predicted molar refractivity (Wildman–Crippen MR) is 80.5 cm³/mol. The van der Waals surface area contributed by atoms with Crippen LogP contribution < -0.4 is 5.32 Å². The van der Waals surface area contributed by atoms with Gasteiger partial charge >= 0.3 is 0 Å². The number of rotatable bonds is 5. The van der Waals surface area contributed by atoms with Gasteiger partial charge in [0.2, 0.25) is 0 Å². The fourth-order valence-corrected chi connectivity index (χ4v) is 2.16. The maximum Gasteiger partial charge on any atom is 0.123 e. The molecule has 0 amide bonds. The molecule has 1 N–H and O–H groups in total. The van der Waals surface area contributed by atoms with Crippen LogP contribution in [0.3, 0.4) is 0 Å². The number of benzene rings is 2. The molecule has 0 bridgehead atoms. The highest BCUT2D eigenvalue weighted by atomic mass is 19.1. The van der Waals surface area contributed by atoms with Crippen LogP contribution in [-0.4, -0.2) is 9.78 Å². The van der Waals surface area contributed by atoms with E-state index in [1.807, 2.05) is 53.3 Å². The molecule has 0 aliphatic heterocycles. The highest BCUT2D eigenvalue weighted by Gasteiger charge is 2.01. The lowest BCUT2D eigenvalue weighted by Crippen LogP contribution is -2.13. The summed E-state index contributed by atoms with van der Waals surface area (Å²) in [7, 11) is 0. The minimum Gasteiger partial charge on any atom is -0.307 e. The first-order valence-electron chi connectivity index (χ1n) is 6.86. The van der Waals surface area contributed by atoms with Crippen molar-refractivity contribution in [2.45, 2.75) is 13.1 Å². The summed E-state index contributed by atoms with van der Waals surface area (Å²) in [5.74, 6) is -0.206. The van der Waals surface area contributed by atoms with Crippen LogP contribution in [0.2, 0.25) is 0 Å². The van der Waals surface area contributed by atoms with Gasteiger partial charge in [-0.1, -0.05) is 30.3 Å². The van der Waals surface area contributed by atoms with Crippen molar-refractivity contribution in [1.29, 1.82) is 0 Å². The molecule has 1 aromatic heterocycles. The molecule has 0 saturated carbocycles. The normalized spacial score (nSPS) is 10.7. The maximum absolute atomic E-state index is 13.1. The molecule has 0 aliphatic rings. The first kappa shape index (κ1) is 13.5. The van der Waals surface area contributed by atoms with Gasteiger partial charge < -0.3 is 5.32 Å². The van der Waals surface area contributed by atoms with Crippen LogP contribution in [0.25, 0.3) is 5.69 Å². The zero-order chi connectivity index (χ0) is 14.5. The third kappa shape index (κ3) is 3.55.